The van der Waals surface area contributed by atoms with Crippen LogP contribution in [0.25, 0.3) is 11.4 Å². The van der Waals surface area contributed by atoms with Crippen LogP contribution in [-0.2, 0) is 24.2 Å². The molecule has 0 bridgehead atoms. The maximum absolute atomic E-state index is 13.0. The molecule has 2 aliphatic rings. The molecule has 5 nitrogen and oxygen atoms in total. The lowest BCUT2D eigenvalue weighted by molar-refractivity contribution is -0.132. The molecule has 31 heavy (non-hydrogen) atoms. The third-order valence-electron chi connectivity index (χ3n) is 6.30. The Kier molecular flexibility index (Phi) is 5.65. The Morgan fingerprint density at radius 1 is 0.871 bits per heavy atom. The molecule has 2 aromatic carbocycles. The van der Waals surface area contributed by atoms with Crippen molar-refractivity contribution >= 4 is 11.7 Å². The first-order valence-corrected chi connectivity index (χ1v) is 11.3. The molecule has 2 aliphatic heterocycles. The van der Waals surface area contributed by atoms with Crippen molar-refractivity contribution in [2.45, 2.75) is 38.6 Å². The molecule has 1 aromatic heterocycles. The molecule has 0 radical (unpaired) electrons. The van der Waals surface area contributed by atoms with Gasteiger partial charge in [0.05, 0.1) is 12.2 Å². The first-order valence-electron chi connectivity index (χ1n) is 11.3. The van der Waals surface area contributed by atoms with Crippen molar-refractivity contribution in [1.29, 1.82) is 0 Å². The van der Waals surface area contributed by atoms with Gasteiger partial charge in [-0.3, -0.25) is 4.79 Å². The highest BCUT2D eigenvalue weighted by Crippen LogP contribution is 2.31. The van der Waals surface area contributed by atoms with Crippen LogP contribution in [-0.4, -0.2) is 40.4 Å². The summed E-state index contributed by atoms with van der Waals surface area (Å²) in [5.74, 6) is 2.04. The molecular formula is C26H28N4O. The minimum absolute atomic E-state index is 0.217. The summed E-state index contributed by atoms with van der Waals surface area (Å²) in [5.41, 5.74) is 4.50. The summed E-state index contributed by atoms with van der Waals surface area (Å²) in [6, 6.07) is 20.4. The summed E-state index contributed by atoms with van der Waals surface area (Å²) < 4.78 is 0. The van der Waals surface area contributed by atoms with Crippen LogP contribution in [0.2, 0.25) is 0 Å². The highest BCUT2D eigenvalue weighted by atomic mass is 16.2. The smallest absolute Gasteiger partial charge is 0.223 e. The molecule has 3 aromatic rings. The number of aryl methyl sites for hydroxylation is 1. The number of rotatable bonds is 5. The van der Waals surface area contributed by atoms with Gasteiger partial charge < -0.3 is 9.80 Å². The van der Waals surface area contributed by atoms with Gasteiger partial charge in [0, 0.05) is 43.6 Å². The highest BCUT2D eigenvalue weighted by Gasteiger charge is 2.28. The Morgan fingerprint density at radius 3 is 2.32 bits per heavy atom. The molecular weight excluding hydrogens is 384 g/mol. The summed E-state index contributed by atoms with van der Waals surface area (Å²) in [5, 5.41) is 0. The molecule has 0 N–H and O–H groups in total. The lowest BCUT2D eigenvalue weighted by Gasteiger charge is -2.32. The van der Waals surface area contributed by atoms with Crippen LogP contribution in [0.4, 0.5) is 5.82 Å². The fourth-order valence-corrected chi connectivity index (χ4v) is 4.57. The van der Waals surface area contributed by atoms with Crippen LogP contribution < -0.4 is 4.90 Å². The number of fused-ring (bicyclic) bond motifs is 1. The van der Waals surface area contributed by atoms with Crippen LogP contribution in [0.1, 0.15) is 36.1 Å². The van der Waals surface area contributed by atoms with Gasteiger partial charge >= 0.3 is 0 Å². The van der Waals surface area contributed by atoms with E-state index in [1.165, 1.54) is 18.4 Å². The third-order valence-corrected chi connectivity index (χ3v) is 6.30. The number of anilines is 1. The Hall–Kier alpha value is -3.21. The van der Waals surface area contributed by atoms with E-state index < -0.39 is 0 Å². The Labute approximate surface area is 183 Å². The van der Waals surface area contributed by atoms with Gasteiger partial charge in [0.1, 0.15) is 5.82 Å². The average molecular weight is 413 g/mol. The molecule has 158 valence electrons. The second-order valence-electron chi connectivity index (χ2n) is 8.41. The van der Waals surface area contributed by atoms with E-state index in [1.807, 2.05) is 41.3 Å². The molecule has 1 amide bonds. The van der Waals surface area contributed by atoms with E-state index in [0.29, 0.717) is 13.0 Å². The zero-order valence-electron chi connectivity index (χ0n) is 17.8. The van der Waals surface area contributed by atoms with Gasteiger partial charge in [-0.2, -0.15) is 0 Å². The first-order chi connectivity index (χ1) is 15.3. The zero-order valence-corrected chi connectivity index (χ0v) is 17.8. The van der Waals surface area contributed by atoms with Crippen LogP contribution >= 0.6 is 0 Å². The average Bonchev–Trinajstić information content (AvgIpc) is 3.37. The standard InChI is InChI=1S/C26H28N4O/c31-24(14-13-20-9-3-1-4-10-20)30-18-15-23-22(19-30)26(29-16-7-8-17-29)28-25(27-23)21-11-5-2-6-12-21/h1-6,9-12H,7-8,13-19H2. The summed E-state index contributed by atoms with van der Waals surface area (Å²) in [6.45, 7) is 3.40. The van der Waals surface area contributed by atoms with E-state index in [9.17, 15) is 4.79 Å². The Morgan fingerprint density at radius 2 is 1.58 bits per heavy atom. The summed E-state index contributed by atoms with van der Waals surface area (Å²) in [4.78, 5) is 27.3. The summed E-state index contributed by atoms with van der Waals surface area (Å²) in [6.07, 6.45) is 4.50. The van der Waals surface area contributed by atoms with Gasteiger partial charge in [-0.1, -0.05) is 60.7 Å². The molecule has 3 heterocycles. The number of hydrogen-bond donors (Lipinski definition) is 0. The predicted octanol–water partition coefficient (Wildman–Crippen LogP) is 4.26. The van der Waals surface area contributed by atoms with E-state index in [4.69, 9.17) is 9.97 Å². The lowest BCUT2D eigenvalue weighted by Crippen LogP contribution is -2.38. The minimum Gasteiger partial charge on any atom is -0.356 e. The number of amides is 1. The third kappa shape index (κ3) is 4.31. The van der Waals surface area contributed by atoms with Crippen molar-refractivity contribution in [1.82, 2.24) is 14.9 Å². The van der Waals surface area contributed by atoms with Crippen LogP contribution in [0.3, 0.4) is 0 Å². The van der Waals surface area contributed by atoms with E-state index >= 15 is 0 Å². The second kappa shape index (κ2) is 8.88. The van der Waals surface area contributed by atoms with Gasteiger partial charge in [-0.05, 0) is 24.8 Å². The maximum Gasteiger partial charge on any atom is 0.223 e. The first kappa shape index (κ1) is 19.7. The normalized spacial score (nSPS) is 15.7. The highest BCUT2D eigenvalue weighted by molar-refractivity contribution is 5.77. The Bertz CT molecular complexity index is 1050. The van der Waals surface area contributed by atoms with Gasteiger partial charge in [-0.25, -0.2) is 9.97 Å². The van der Waals surface area contributed by atoms with E-state index in [1.54, 1.807) is 0 Å². The lowest BCUT2D eigenvalue weighted by atomic mass is 10.0. The molecule has 0 unspecified atom stereocenters. The molecule has 0 saturated carbocycles. The SMILES string of the molecule is O=C(CCc1ccccc1)N1CCc2nc(-c3ccccc3)nc(N3CCCC3)c2C1. The number of aromatic nitrogens is 2. The fourth-order valence-electron chi connectivity index (χ4n) is 4.57. The predicted molar refractivity (Wildman–Crippen MR) is 123 cm³/mol. The zero-order chi connectivity index (χ0) is 21.0. The van der Waals surface area contributed by atoms with Crippen molar-refractivity contribution in [3.8, 4) is 11.4 Å². The molecule has 0 aliphatic carbocycles. The second-order valence-corrected chi connectivity index (χ2v) is 8.41. The maximum atomic E-state index is 13.0. The largest absolute Gasteiger partial charge is 0.356 e. The molecule has 1 saturated heterocycles. The summed E-state index contributed by atoms with van der Waals surface area (Å²) >= 11 is 0. The Balaban J connectivity index is 1.40. The molecule has 0 spiro atoms. The number of carbonyl (C=O) groups excluding carboxylic acids is 1. The number of carbonyl (C=O) groups is 1. The van der Waals surface area contributed by atoms with Gasteiger partial charge in [0.25, 0.3) is 0 Å². The van der Waals surface area contributed by atoms with Crippen molar-refractivity contribution in [3.63, 3.8) is 0 Å². The molecule has 5 heteroatoms. The van der Waals surface area contributed by atoms with Crippen LogP contribution in [0.15, 0.2) is 60.7 Å². The number of hydrogen-bond acceptors (Lipinski definition) is 4. The van der Waals surface area contributed by atoms with E-state index in [-0.39, 0.29) is 5.91 Å². The number of nitrogens with zero attached hydrogens (tertiary/aromatic N) is 4. The van der Waals surface area contributed by atoms with Crippen LogP contribution in [0, 0.1) is 0 Å². The van der Waals surface area contributed by atoms with Gasteiger partial charge in [0.2, 0.25) is 5.91 Å². The summed E-state index contributed by atoms with van der Waals surface area (Å²) in [7, 11) is 0. The monoisotopic (exact) mass is 412 g/mol. The van der Waals surface area contributed by atoms with Crippen molar-refractivity contribution in [2.75, 3.05) is 24.5 Å². The van der Waals surface area contributed by atoms with Gasteiger partial charge in [0.15, 0.2) is 5.82 Å². The quantitative estimate of drug-likeness (QED) is 0.628. The van der Waals surface area contributed by atoms with Crippen molar-refractivity contribution in [3.05, 3.63) is 77.5 Å². The van der Waals surface area contributed by atoms with Gasteiger partial charge in [-0.15, -0.1) is 0 Å². The van der Waals surface area contributed by atoms with E-state index in [2.05, 4.69) is 29.2 Å². The van der Waals surface area contributed by atoms with Crippen LogP contribution in [0.5, 0.6) is 0 Å². The minimum atomic E-state index is 0.217. The topological polar surface area (TPSA) is 49.3 Å². The fraction of sp³-hybridized carbons (Fsp3) is 0.346. The number of benzene rings is 2. The molecule has 5 rings (SSSR count). The van der Waals surface area contributed by atoms with Crippen molar-refractivity contribution < 1.29 is 4.79 Å². The molecule has 0 atom stereocenters. The van der Waals surface area contributed by atoms with Crippen molar-refractivity contribution in [2.24, 2.45) is 0 Å². The van der Waals surface area contributed by atoms with E-state index in [0.717, 1.165) is 60.9 Å². The molecule has 1 fully saturated rings.